The van der Waals surface area contributed by atoms with Crippen LogP contribution in [0.1, 0.15) is 22.3 Å². The van der Waals surface area contributed by atoms with E-state index in [0.29, 0.717) is 35.3 Å². The molecule has 7 nitrogen and oxygen atoms in total. The maximum absolute atomic E-state index is 14.3. The average Bonchev–Trinajstić information content (AvgIpc) is 3.46. The summed E-state index contributed by atoms with van der Waals surface area (Å²) in [4.78, 5) is 44.2. The number of H-pyrrole nitrogens is 1. The Kier molecular flexibility index (Phi) is 5.29. The van der Waals surface area contributed by atoms with Gasteiger partial charge in [-0.3, -0.25) is 14.4 Å². The monoisotopic (exact) mass is 482 g/mol. The van der Waals surface area contributed by atoms with Crippen molar-refractivity contribution in [3.05, 3.63) is 89.9 Å². The lowest BCUT2D eigenvalue weighted by molar-refractivity contribution is -0.123. The number of fused-ring (bicyclic) bond motifs is 3. The lowest BCUT2D eigenvalue weighted by Crippen LogP contribution is -2.51. The molecule has 0 saturated carbocycles. The highest BCUT2D eigenvalue weighted by molar-refractivity contribution is 6.11. The predicted octanol–water partition coefficient (Wildman–Crippen LogP) is 3.87. The van der Waals surface area contributed by atoms with Gasteiger partial charge in [-0.1, -0.05) is 42.5 Å². The van der Waals surface area contributed by atoms with Crippen LogP contribution in [0.2, 0.25) is 0 Å². The molecule has 2 aliphatic rings. The Hall–Kier alpha value is -4.46. The molecule has 0 aliphatic carbocycles. The van der Waals surface area contributed by atoms with Crippen LogP contribution in [0.25, 0.3) is 22.0 Å². The largest absolute Gasteiger partial charge is 0.361 e. The Morgan fingerprint density at radius 1 is 1.03 bits per heavy atom. The maximum Gasteiger partial charge on any atom is 0.256 e. The molecule has 0 spiro atoms. The first-order chi connectivity index (χ1) is 17.5. The Bertz CT molecular complexity index is 1530. The van der Waals surface area contributed by atoms with Crippen LogP contribution in [-0.2, 0) is 16.0 Å². The number of halogens is 1. The highest BCUT2D eigenvalue weighted by atomic mass is 19.1. The fourth-order valence-electron chi connectivity index (χ4n) is 5.26. The zero-order valence-electron chi connectivity index (χ0n) is 19.3. The van der Waals surface area contributed by atoms with Crippen molar-refractivity contribution < 1.29 is 18.8 Å². The number of hydrogen-bond acceptors (Lipinski definition) is 3. The Morgan fingerprint density at radius 3 is 2.69 bits per heavy atom. The van der Waals surface area contributed by atoms with Crippen LogP contribution in [0.5, 0.6) is 0 Å². The Labute approximate surface area is 206 Å². The lowest BCUT2D eigenvalue weighted by Gasteiger charge is -2.25. The van der Waals surface area contributed by atoms with Crippen molar-refractivity contribution in [3.8, 4) is 11.1 Å². The molecule has 3 aromatic carbocycles. The predicted molar refractivity (Wildman–Crippen MR) is 134 cm³/mol. The van der Waals surface area contributed by atoms with Crippen molar-refractivity contribution in [3.63, 3.8) is 0 Å². The van der Waals surface area contributed by atoms with Crippen LogP contribution in [0, 0.1) is 5.82 Å². The number of nitrogens with one attached hydrogen (secondary N) is 3. The first-order valence-electron chi connectivity index (χ1n) is 11.8. The minimum Gasteiger partial charge on any atom is -0.361 e. The van der Waals surface area contributed by atoms with Gasteiger partial charge in [0.15, 0.2) is 0 Å². The highest BCUT2D eigenvalue weighted by Crippen LogP contribution is 2.33. The van der Waals surface area contributed by atoms with E-state index < -0.39 is 12.1 Å². The zero-order valence-corrected chi connectivity index (χ0v) is 19.3. The molecule has 1 fully saturated rings. The third-order valence-corrected chi connectivity index (χ3v) is 6.99. The van der Waals surface area contributed by atoms with Gasteiger partial charge in [0.25, 0.3) is 5.91 Å². The standard InChI is InChI=1S/C28H23FN4O3/c29-21-7-3-1-5-18(21)16-9-10-23-20(13-16)28(36)33-12-11-24(26(33)27(35)32-23)31-25(34)14-17-15-30-22-8-4-2-6-19(17)22/h1-10,13,15,24,26,30H,11-12,14H2,(H,31,34)(H,32,35). The summed E-state index contributed by atoms with van der Waals surface area (Å²) in [6.45, 7) is 0.332. The fraction of sp³-hybridized carbons (Fsp3) is 0.179. The molecule has 6 rings (SSSR count). The van der Waals surface area contributed by atoms with Crippen molar-refractivity contribution >= 4 is 34.3 Å². The minimum absolute atomic E-state index is 0.162. The highest BCUT2D eigenvalue weighted by Gasteiger charge is 2.45. The molecule has 1 aromatic heterocycles. The molecule has 0 bridgehead atoms. The number of amides is 3. The van der Waals surface area contributed by atoms with Gasteiger partial charge < -0.3 is 20.5 Å². The van der Waals surface area contributed by atoms with Gasteiger partial charge in [-0.2, -0.15) is 0 Å². The number of nitrogens with zero attached hydrogens (tertiary/aromatic N) is 1. The third-order valence-electron chi connectivity index (χ3n) is 6.99. The van der Waals surface area contributed by atoms with E-state index in [1.165, 1.54) is 11.0 Å². The molecule has 4 aromatic rings. The molecule has 2 unspecified atom stereocenters. The minimum atomic E-state index is -0.825. The summed E-state index contributed by atoms with van der Waals surface area (Å²) < 4.78 is 14.3. The van der Waals surface area contributed by atoms with E-state index in [0.717, 1.165) is 16.5 Å². The van der Waals surface area contributed by atoms with Crippen molar-refractivity contribution in [1.29, 1.82) is 0 Å². The van der Waals surface area contributed by atoms with E-state index >= 15 is 0 Å². The summed E-state index contributed by atoms with van der Waals surface area (Å²) in [6, 6.07) is 17.7. The molecule has 8 heteroatoms. The van der Waals surface area contributed by atoms with E-state index in [2.05, 4.69) is 15.6 Å². The number of carbonyl (C=O) groups excluding carboxylic acids is 3. The van der Waals surface area contributed by atoms with Crippen molar-refractivity contribution in [2.45, 2.75) is 24.9 Å². The number of anilines is 1. The first kappa shape index (κ1) is 22.0. The molecule has 0 radical (unpaired) electrons. The molecule has 36 heavy (non-hydrogen) atoms. The van der Waals surface area contributed by atoms with Gasteiger partial charge in [-0.25, -0.2) is 4.39 Å². The first-order valence-corrected chi connectivity index (χ1v) is 11.8. The number of aromatic nitrogens is 1. The van der Waals surface area contributed by atoms with Gasteiger partial charge in [0.2, 0.25) is 11.8 Å². The van der Waals surface area contributed by atoms with Gasteiger partial charge in [-0.05, 0) is 41.8 Å². The van der Waals surface area contributed by atoms with Crippen LogP contribution < -0.4 is 10.6 Å². The van der Waals surface area contributed by atoms with Crippen LogP contribution in [-0.4, -0.2) is 46.2 Å². The molecule has 180 valence electrons. The fourth-order valence-corrected chi connectivity index (χ4v) is 5.26. The van der Waals surface area contributed by atoms with Gasteiger partial charge in [0.1, 0.15) is 11.9 Å². The van der Waals surface area contributed by atoms with Crippen LogP contribution in [0.3, 0.4) is 0 Å². The second-order valence-electron chi connectivity index (χ2n) is 9.17. The summed E-state index contributed by atoms with van der Waals surface area (Å²) in [7, 11) is 0. The van der Waals surface area contributed by atoms with Gasteiger partial charge in [0.05, 0.1) is 23.7 Å². The van der Waals surface area contributed by atoms with Crippen molar-refractivity contribution in [2.75, 3.05) is 11.9 Å². The molecule has 2 atom stereocenters. The second-order valence-corrected chi connectivity index (χ2v) is 9.17. The SMILES string of the molecule is O=C(Cc1c[nH]c2ccccc12)NC1CCN2C(=O)c3cc(-c4ccccc4F)ccc3NC(=O)C12. The molecular formula is C28H23FN4O3. The van der Waals surface area contributed by atoms with E-state index in [4.69, 9.17) is 0 Å². The van der Waals surface area contributed by atoms with Gasteiger partial charge in [0, 0.05) is 29.2 Å². The number of para-hydroxylation sites is 1. The number of rotatable bonds is 4. The number of benzene rings is 3. The lowest BCUT2D eigenvalue weighted by atomic mass is 10.0. The topological polar surface area (TPSA) is 94.3 Å². The smallest absolute Gasteiger partial charge is 0.256 e. The van der Waals surface area contributed by atoms with E-state index in [1.54, 1.807) is 36.4 Å². The normalized spacial score (nSPS) is 19.0. The quantitative estimate of drug-likeness (QED) is 0.412. The van der Waals surface area contributed by atoms with Gasteiger partial charge >= 0.3 is 0 Å². The van der Waals surface area contributed by atoms with Gasteiger partial charge in [-0.15, -0.1) is 0 Å². The summed E-state index contributed by atoms with van der Waals surface area (Å²) in [5, 5.41) is 6.79. The van der Waals surface area contributed by atoms with E-state index in [-0.39, 0.29) is 30.0 Å². The van der Waals surface area contributed by atoms with Crippen LogP contribution in [0.4, 0.5) is 10.1 Å². The summed E-state index contributed by atoms with van der Waals surface area (Å²) in [5.41, 5.74) is 3.43. The number of hydrogen-bond donors (Lipinski definition) is 3. The van der Waals surface area contributed by atoms with E-state index in [1.807, 2.05) is 30.5 Å². The Balaban J connectivity index is 1.23. The second kappa shape index (κ2) is 8.64. The maximum atomic E-state index is 14.3. The molecule has 3 amide bonds. The average molecular weight is 483 g/mol. The van der Waals surface area contributed by atoms with Crippen molar-refractivity contribution in [1.82, 2.24) is 15.2 Å². The molecule has 3 N–H and O–H groups in total. The molecule has 2 aliphatic heterocycles. The number of carbonyl (C=O) groups is 3. The summed E-state index contributed by atoms with van der Waals surface area (Å²) in [5.74, 6) is -1.27. The third kappa shape index (κ3) is 3.71. The molecule has 3 heterocycles. The van der Waals surface area contributed by atoms with Crippen LogP contribution in [0.15, 0.2) is 72.9 Å². The molecule has 1 saturated heterocycles. The number of aromatic amines is 1. The van der Waals surface area contributed by atoms with Crippen LogP contribution >= 0.6 is 0 Å². The zero-order chi connectivity index (χ0) is 24.8. The van der Waals surface area contributed by atoms with Crippen molar-refractivity contribution in [2.24, 2.45) is 0 Å². The Morgan fingerprint density at radius 2 is 1.83 bits per heavy atom. The van der Waals surface area contributed by atoms with E-state index in [9.17, 15) is 18.8 Å². The summed E-state index contributed by atoms with van der Waals surface area (Å²) in [6.07, 6.45) is 2.44. The summed E-state index contributed by atoms with van der Waals surface area (Å²) >= 11 is 0. The molecular weight excluding hydrogens is 459 g/mol.